The van der Waals surface area contributed by atoms with Gasteiger partial charge in [-0.05, 0) is 18.8 Å². The molecule has 1 fully saturated rings. The normalized spacial score (nSPS) is 24.7. The first-order chi connectivity index (χ1) is 7.70. The molecule has 0 radical (unpaired) electrons. The van der Waals surface area contributed by atoms with Crippen molar-refractivity contribution in [1.82, 2.24) is 4.90 Å². The lowest BCUT2D eigenvalue weighted by atomic mass is 10.0. The quantitative estimate of drug-likeness (QED) is 0.740. The zero-order valence-electron chi connectivity index (χ0n) is 10.3. The Bertz CT molecular complexity index is 220. The lowest BCUT2D eigenvalue weighted by Crippen LogP contribution is -2.43. The van der Waals surface area contributed by atoms with Gasteiger partial charge in [0.2, 0.25) is 0 Å². The van der Waals surface area contributed by atoms with Crippen molar-refractivity contribution in [3.05, 3.63) is 0 Å². The van der Waals surface area contributed by atoms with E-state index in [0.29, 0.717) is 19.1 Å². The molecule has 1 saturated heterocycles. The first-order valence-electron chi connectivity index (χ1n) is 6.22. The third kappa shape index (κ3) is 3.46. The lowest BCUT2D eigenvalue weighted by molar-refractivity contribution is -0.143. The standard InChI is InChI=1S/C12H23NO3/c1-3-4-6-13(7-8-14)12(15)11-10(2)5-9-16-11/h10-11,14H,3-9H2,1-2H3. The molecular formula is C12H23NO3. The van der Waals surface area contributed by atoms with E-state index in [1.54, 1.807) is 4.90 Å². The average Bonchev–Trinajstić information content (AvgIpc) is 2.69. The molecule has 2 unspecified atom stereocenters. The highest BCUT2D eigenvalue weighted by Gasteiger charge is 2.33. The third-order valence-corrected chi connectivity index (χ3v) is 3.09. The van der Waals surface area contributed by atoms with Crippen LogP contribution in [0.15, 0.2) is 0 Å². The van der Waals surface area contributed by atoms with Crippen molar-refractivity contribution in [3.63, 3.8) is 0 Å². The van der Waals surface area contributed by atoms with Crippen LogP contribution in [0.3, 0.4) is 0 Å². The summed E-state index contributed by atoms with van der Waals surface area (Å²) in [5.41, 5.74) is 0. The molecule has 0 spiro atoms. The van der Waals surface area contributed by atoms with Crippen LogP contribution in [0.4, 0.5) is 0 Å². The van der Waals surface area contributed by atoms with Gasteiger partial charge in [0.05, 0.1) is 6.61 Å². The van der Waals surface area contributed by atoms with Crippen molar-refractivity contribution in [2.75, 3.05) is 26.3 Å². The fraction of sp³-hybridized carbons (Fsp3) is 0.917. The van der Waals surface area contributed by atoms with E-state index in [-0.39, 0.29) is 18.6 Å². The van der Waals surface area contributed by atoms with Gasteiger partial charge in [-0.2, -0.15) is 0 Å². The summed E-state index contributed by atoms with van der Waals surface area (Å²) in [6, 6.07) is 0. The molecule has 1 amide bonds. The second-order valence-electron chi connectivity index (χ2n) is 4.46. The van der Waals surface area contributed by atoms with E-state index >= 15 is 0 Å². The number of carbonyl (C=O) groups excluding carboxylic acids is 1. The lowest BCUT2D eigenvalue weighted by Gasteiger charge is -2.26. The van der Waals surface area contributed by atoms with Crippen LogP contribution in [-0.4, -0.2) is 48.3 Å². The van der Waals surface area contributed by atoms with E-state index in [9.17, 15) is 4.79 Å². The molecule has 1 aliphatic heterocycles. The molecule has 4 heteroatoms. The van der Waals surface area contributed by atoms with Crippen LogP contribution < -0.4 is 0 Å². The molecule has 0 aromatic heterocycles. The van der Waals surface area contributed by atoms with Crippen molar-refractivity contribution < 1.29 is 14.6 Å². The molecule has 1 heterocycles. The number of hydrogen-bond donors (Lipinski definition) is 1. The van der Waals surface area contributed by atoms with Crippen molar-refractivity contribution >= 4 is 5.91 Å². The number of aliphatic hydroxyl groups is 1. The maximum Gasteiger partial charge on any atom is 0.252 e. The minimum atomic E-state index is -0.289. The summed E-state index contributed by atoms with van der Waals surface area (Å²) in [6.07, 6.45) is 2.70. The molecule has 4 nitrogen and oxygen atoms in total. The Hall–Kier alpha value is -0.610. The van der Waals surface area contributed by atoms with E-state index < -0.39 is 0 Å². The molecule has 1 N–H and O–H groups in total. The smallest absolute Gasteiger partial charge is 0.252 e. The van der Waals surface area contributed by atoms with E-state index in [1.165, 1.54) is 0 Å². The van der Waals surface area contributed by atoms with Gasteiger partial charge in [0, 0.05) is 19.7 Å². The number of hydrogen-bond acceptors (Lipinski definition) is 3. The van der Waals surface area contributed by atoms with Gasteiger partial charge < -0.3 is 14.7 Å². The summed E-state index contributed by atoms with van der Waals surface area (Å²) in [4.78, 5) is 13.9. The van der Waals surface area contributed by atoms with Crippen molar-refractivity contribution in [3.8, 4) is 0 Å². The van der Waals surface area contributed by atoms with Crippen LogP contribution in [0.2, 0.25) is 0 Å². The van der Waals surface area contributed by atoms with Gasteiger partial charge >= 0.3 is 0 Å². The molecule has 94 valence electrons. The van der Waals surface area contributed by atoms with Crippen LogP contribution in [-0.2, 0) is 9.53 Å². The van der Waals surface area contributed by atoms with E-state index in [4.69, 9.17) is 9.84 Å². The molecule has 0 bridgehead atoms. The summed E-state index contributed by atoms with van der Waals surface area (Å²) in [7, 11) is 0. The maximum absolute atomic E-state index is 12.1. The highest BCUT2D eigenvalue weighted by molar-refractivity contribution is 5.81. The van der Waals surface area contributed by atoms with Crippen LogP contribution in [0.25, 0.3) is 0 Å². The van der Waals surface area contributed by atoms with Gasteiger partial charge in [0.1, 0.15) is 6.10 Å². The van der Waals surface area contributed by atoms with E-state index in [1.807, 2.05) is 6.92 Å². The number of amides is 1. The predicted octanol–water partition coefficient (Wildman–Crippen LogP) is 1.03. The highest BCUT2D eigenvalue weighted by Crippen LogP contribution is 2.22. The number of carbonyl (C=O) groups is 1. The van der Waals surface area contributed by atoms with Crippen LogP contribution in [0, 0.1) is 5.92 Å². The number of aliphatic hydroxyl groups excluding tert-OH is 1. The zero-order chi connectivity index (χ0) is 12.0. The fourth-order valence-corrected chi connectivity index (χ4v) is 1.99. The number of rotatable bonds is 6. The first-order valence-corrected chi connectivity index (χ1v) is 6.22. The molecular weight excluding hydrogens is 206 g/mol. The number of ether oxygens (including phenoxy) is 1. The Labute approximate surface area is 97.6 Å². The van der Waals surface area contributed by atoms with Gasteiger partial charge in [-0.3, -0.25) is 4.79 Å². The summed E-state index contributed by atoms with van der Waals surface area (Å²) < 4.78 is 5.46. The average molecular weight is 229 g/mol. The summed E-state index contributed by atoms with van der Waals surface area (Å²) in [5, 5.41) is 8.96. The molecule has 0 aliphatic carbocycles. The zero-order valence-corrected chi connectivity index (χ0v) is 10.3. The van der Waals surface area contributed by atoms with E-state index in [2.05, 4.69) is 6.92 Å². The Morgan fingerprint density at radius 2 is 2.25 bits per heavy atom. The molecule has 0 aromatic rings. The van der Waals surface area contributed by atoms with E-state index in [0.717, 1.165) is 25.8 Å². The number of unbranched alkanes of at least 4 members (excludes halogenated alkanes) is 1. The van der Waals surface area contributed by atoms with Gasteiger partial charge in [-0.25, -0.2) is 0 Å². The van der Waals surface area contributed by atoms with Crippen LogP contribution in [0.5, 0.6) is 0 Å². The molecule has 1 aliphatic rings. The Balaban J connectivity index is 2.51. The van der Waals surface area contributed by atoms with Gasteiger partial charge in [-0.1, -0.05) is 20.3 Å². The molecule has 2 atom stereocenters. The van der Waals surface area contributed by atoms with Crippen molar-refractivity contribution in [2.45, 2.75) is 39.2 Å². The second-order valence-corrected chi connectivity index (χ2v) is 4.46. The molecule has 16 heavy (non-hydrogen) atoms. The monoisotopic (exact) mass is 229 g/mol. The highest BCUT2D eigenvalue weighted by atomic mass is 16.5. The molecule has 0 aromatic carbocycles. The minimum absolute atomic E-state index is 0.0244. The topological polar surface area (TPSA) is 49.8 Å². The summed E-state index contributed by atoms with van der Waals surface area (Å²) >= 11 is 0. The first kappa shape index (κ1) is 13.5. The Morgan fingerprint density at radius 3 is 2.75 bits per heavy atom. The summed E-state index contributed by atoms with van der Waals surface area (Å²) in [5.74, 6) is 0.350. The number of nitrogens with zero attached hydrogens (tertiary/aromatic N) is 1. The molecule has 0 saturated carbocycles. The predicted molar refractivity (Wildman–Crippen MR) is 62.1 cm³/mol. The Morgan fingerprint density at radius 1 is 1.50 bits per heavy atom. The van der Waals surface area contributed by atoms with Crippen LogP contribution in [0.1, 0.15) is 33.1 Å². The Kier molecular flexibility index (Phi) is 5.77. The van der Waals surface area contributed by atoms with Crippen molar-refractivity contribution in [2.24, 2.45) is 5.92 Å². The van der Waals surface area contributed by atoms with Gasteiger partial charge in [0.25, 0.3) is 5.91 Å². The fourth-order valence-electron chi connectivity index (χ4n) is 1.99. The van der Waals surface area contributed by atoms with Gasteiger partial charge in [0.15, 0.2) is 0 Å². The van der Waals surface area contributed by atoms with Crippen LogP contribution >= 0.6 is 0 Å². The minimum Gasteiger partial charge on any atom is -0.395 e. The SMILES string of the molecule is CCCCN(CCO)C(=O)C1OCCC1C. The van der Waals surface area contributed by atoms with Gasteiger partial charge in [-0.15, -0.1) is 0 Å². The second kappa shape index (κ2) is 6.86. The molecule has 1 rings (SSSR count). The maximum atomic E-state index is 12.1. The third-order valence-electron chi connectivity index (χ3n) is 3.09. The largest absolute Gasteiger partial charge is 0.395 e. The van der Waals surface area contributed by atoms with Crippen molar-refractivity contribution in [1.29, 1.82) is 0 Å². The summed E-state index contributed by atoms with van der Waals surface area (Å²) in [6.45, 7) is 5.99.